The minimum Gasteiger partial charge on any atom is -0.381 e. The second-order valence-corrected chi connectivity index (χ2v) is 5.20. The van der Waals surface area contributed by atoms with E-state index in [1.165, 1.54) is 0 Å². The van der Waals surface area contributed by atoms with Crippen LogP contribution in [-0.2, 0) is 11.3 Å². The lowest BCUT2D eigenvalue weighted by Crippen LogP contribution is -2.41. The molecule has 0 unspecified atom stereocenters. The normalized spacial score (nSPS) is 19.2. The number of rotatable bonds is 4. The molecule has 0 aliphatic carbocycles. The number of aromatic nitrogens is 2. The van der Waals surface area contributed by atoms with Crippen molar-refractivity contribution in [3.05, 3.63) is 11.9 Å². The minimum absolute atomic E-state index is 0.127. The highest BCUT2D eigenvalue weighted by Crippen LogP contribution is 2.25. The summed E-state index contributed by atoms with van der Waals surface area (Å²) in [7, 11) is 0. The van der Waals surface area contributed by atoms with E-state index >= 15 is 0 Å². The van der Waals surface area contributed by atoms with Gasteiger partial charge in [-0.15, -0.1) is 0 Å². The van der Waals surface area contributed by atoms with Crippen LogP contribution in [-0.4, -0.2) is 28.3 Å². The third-order valence-electron chi connectivity index (χ3n) is 3.37. The first kappa shape index (κ1) is 12.4. The van der Waals surface area contributed by atoms with Crippen molar-refractivity contribution in [3.63, 3.8) is 0 Å². The molecule has 1 N–H and O–H groups in total. The van der Waals surface area contributed by atoms with Crippen molar-refractivity contribution in [1.82, 2.24) is 9.55 Å². The molecular formula is C13H23N3O. The Balaban J connectivity index is 2.11. The molecule has 1 aromatic rings. The van der Waals surface area contributed by atoms with Gasteiger partial charge in [-0.2, -0.15) is 0 Å². The van der Waals surface area contributed by atoms with Gasteiger partial charge in [-0.3, -0.25) is 0 Å². The Bertz CT molecular complexity index is 367. The maximum absolute atomic E-state index is 5.42. The molecular weight excluding hydrogens is 214 g/mol. The first-order valence-corrected chi connectivity index (χ1v) is 6.53. The monoisotopic (exact) mass is 237 g/mol. The minimum atomic E-state index is 0.127. The highest BCUT2D eigenvalue weighted by atomic mass is 16.5. The van der Waals surface area contributed by atoms with Crippen LogP contribution in [0.5, 0.6) is 0 Å². The van der Waals surface area contributed by atoms with E-state index in [-0.39, 0.29) is 5.54 Å². The van der Waals surface area contributed by atoms with Crippen LogP contribution < -0.4 is 5.32 Å². The fourth-order valence-electron chi connectivity index (χ4n) is 2.27. The van der Waals surface area contributed by atoms with E-state index in [4.69, 9.17) is 4.74 Å². The van der Waals surface area contributed by atoms with Crippen molar-refractivity contribution < 1.29 is 4.74 Å². The van der Waals surface area contributed by atoms with Gasteiger partial charge in [0, 0.05) is 31.5 Å². The third-order valence-corrected chi connectivity index (χ3v) is 3.37. The van der Waals surface area contributed by atoms with Gasteiger partial charge >= 0.3 is 0 Å². The zero-order valence-electron chi connectivity index (χ0n) is 11.1. The fraction of sp³-hybridized carbons (Fsp3) is 0.769. The molecule has 0 atom stereocenters. The third kappa shape index (κ3) is 3.00. The molecule has 1 aliphatic rings. The first-order chi connectivity index (χ1) is 8.13. The number of hydrogen-bond acceptors (Lipinski definition) is 3. The summed E-state index contributed by atoms with van der Waals surface area (Å²) < 4.78 is 7.64. The molecule has 2 heterocycles. The molecule has 0 radical (unpaired) electrons. The summed E-state index contributed by atoms with van der Waals surface area (Å²) >= 11 is 0. The fourth-order valence-corrected chi connectivity index (χ4v) is 2.27. The number of hydrogen-bond donors (Lipinski definition) is 1. The number of aryl methyl sites for hydroxylation is 2. The summed E-state index contributed by atoms with van der Waals surface area (Å²) in [4.78, 5) is 4.58. The van der Waals surface area contributed by atoms with Gasteiger partial charge in [0.25, 0.3) is 0 Å². The number of ether oxygens (including phenoxy) is 1. The van der Waals surface area contributed by atoms with Crippen LogP contribution in [0.3, 0.4) is 0 Å². The Hall–Kier alpha value is -1.03. The van der Waals surface area contributed by atoms with Crippen molar-refractivity contribution in [2.24, 2.45) is 0 Å². The topological polar surface area (TPSA) is 39.1 Å². The second-order valence-electron chi connectivity index (χ2n) is 5.20. The Labute approximate surface area is 103 Å². The largest absolute Gasteiger partial charge is 0.381 e. The average molecular weight is 237 g/mol. The molecule has 0 saturated carbocycles. The average Bonchev–Trinajstić information content (AvgIpc) is 2.60. The number of imidazole rings is 1. The molecule has 2 rings (SSSR count). The molecule has 0 bridgehead atoms. The van der Waals surface area contributed by atoms with E-state index in [1.54, 1.807) is 0 Å². The first-order valence-electron chi connectivity index (χ1n) is 6.53. The van der Waals surface area contributed by atoms with Crippen molar-refractivity contribution >= 4 is 5.95 Å². The van der Waals surface area contributed by atoms with Gasteiger partial charge in [-0.05, 0) is 33.1 Å². The van der Waals surface area contributed by atoms with E-state index < -0.39 is 0 Å². The van der Waals surface area contributed by atoms with E-state index in [0.29, 0.717) is 0 Å². The van der Waals surface area contributed by atoms with Gasteiger partial charge in [0.15, 0.2) is 0 Å². The molecule has 4 nitrogen and oxygen atoms in total. The molecule has 4 heteroatoms. The lowest BCUT2D eigenvalue weighted by molar-refractivity contribution is 0.0655. The summed E-state index contributed by atoms with van der Waals surface area (Å²) in [5.74, 6) is 1.01. The highest BCUT2D eigenvalue weighted by molar-refractivity contribution is 5.32. The summed E-state index contributed by atoms with van der Waals surface area (Å²) in [6.07, 6.45) is 5.34. The summed E-state index contributed by atoms with van der Waals surface area (Å²) in [6, 6.07) is 0. The van der Waals surface area contributed by atoms with Crippen molar-refractivity contribution in [1.29, 1.82) is 0 Å². The predicted molar refractivity (Wildman–Crippen MR) is 69.3 cm³/mol. The van der Waals surface area contributed by atoms with Crippen molar-refractivity contribution in [2.75, 3.05) is 18.5 Å². The maximum atomic E-state index is 5.42. The molecule has 1 aliphatic heterocycles. The highest BCUT2D eigenvalue weighted by Gasteiger charge is 2.28. The van der Waals surface area contributed by atoms with Crippen LogP contribution in [0.25, 0.3) is 0 Å². The summed E-state index contributed by atoms with van der Waals surface area (Å²) in [6.45, 7) is 9.21. The van der Waals surface area contributed by atoms with Gasteiger partial charge in [-0.25, -0.2) is 4.98 Å². The molecule has 1 fully saturated rings. The van der Waals surface area contributed by atoms with Gasteiger partial charge in [-0.1, -0.05) is 6.92 Å². The van der Waals surface area contributed by atoms with Gasteiger partial charge in [0.2, 0.25) is 5.95 Å². The zero-order valence-corrected chi connectivity index (χ0v) is 11.1. The van der Waals surface area contributed by atoms with Crippen LogP contribution >= 0.6 is 0 Å². The molecule has 96 valence electrons. The van der Waals surface area contributed by atoms with Crippen LogP contribution in [0, 0.1) is 6.92 Å². The Morgan fingerprint density at radius 2 is 2.18 bits per heavy atom. The van der Waals surface area contributed by atoms with E-state index in [9.17, 15) is 0 Å². The second kappa shape index (κ2) is 5.08. The standard InChI is InChI=1S/C13H23N3O/c1-4-7-16-10-11(2)14-12(16)15-13(3)5-8-17-9-6-13/h10H,4-9H2,1-3H3,(H,14,15). The summed E-state index contributed by atoms with van der Waals surface area (Å²) in [5.41, 5.74) is 1.21. The molecule has 17 heavy (non-hydrogen) atoms. The lowest BCUT2D eigenvalue weighted by Gasteiger charge is -2.35. The Morgan fingerprint density at radius 1 is 1.47 bits per heavy atom. The zero-order chi connectivity index (χ0) is 12.3. The number of nitrogens with one attached hydrogen (secondary N) is 1. The van der Waals surface area contributed by atoms with Crippen molar-refractivity contribution in [2.45, 2.75) is 52.1 Å². The maximum Gasteiger partial charge on any atom is 0.203 e. The lowest BCUT2D eigenvalue weighted by atomic mass is 9.93. The quantitative estimate of drug-likeness (QED) is 0.875. The predicted octanol–water partition coefficient (Wildman–Crippen LogP) is 2.58. The Kier molecular flexibility index (Phi) is 3.72. The van der Waals surface area contributed by atoms with Crippen LogP contribution in [0.2, 0.25) is 0 Å². The molecule has 0 amide bonds. The van der Waals surface area contributed by atoms with Gasteiger partial charge < -0.3 is 14.6 Å². The van der Waals surface area contributed by atoms with Crippen LogP contribution in [0.15, 0.2) is 6.20 Å². The molecule has 0 spiro atoms. The smallest absolute Gasteiger partial charge is 0.203 e. The van der Waals surface area contributed by atoms with Crippen molar-refractivity contribution in [3.8, 4) is 0 Å². The SMILES string of the molecule is CCCn1cc(C)nc1NC1(C)CCOCC1. The summed E-state index contributed by atoms with van der Waals surface area (Å²) in [5, 5.41) is 3.60. The molecule has 1 saturated heterocycles. The van der Waals surface area contributed by atoms with Gasteiger partial charge in [0.05, 0.1) is 5.69 Å². The number of nitrogens with zero attached hydrogens (tertiary/aromatic N) is 2. The Morgan fingerprint density at radius 3 is 2.82 bits per heavy atom. The van der Waals surface area contributed by atoms with Crippen LogP contribution in [0.1, 0.15) is 38.8 Å². The number of anilines is 1. The molecule has 1 aromatic heterocycles. The van der Waals surface area contributed by atoms with Crippen LogP contribution in [0.4, 0.5) is 5.95 Å². The van der Waals surface area contributed by atoms with E-state index in [0.717, 1.165) is 50.7 Å². The van der Waals surface area contributed by atoms with Gasteiger partial charge in [0.1, 0.15) is 0 Å². The molecule has 0 aromatic carbocycles. The van der Waals surface area contributed by atoms with E-state index in [2.05, 4.69) is 34.9 Å². The van der Waals surface area contributed by atoms with E-state index in [1.807, 2.05) is 6.92 Å².